The van der Waals surface area contributed by atoms with Crippen LogP contribution in [-0.2, 0) is 16.6 Å². The maximum absolute atomic E-state index is 12.4. The lowest BCUT2D eigenvalue weighted by Gasteiger charge is -2.12. The van der Waals surface area contributed by atoms with Crippen LogP contribution in [0.4, 0.5) is 0 Å². The van der Waals surface area contributed by atoms with Crippen molar-refractivity contribution in [3.05, 3.63) is 11.3 Å². The molecule has 0 radical (unpaired) electrons. The van der Waals surface area contributed by atoms with Gasteiger partial charge in [-0.05, 0) is 37.7 Å². The number of H-pyrrole nitrogens is 1. The molecule has 21 heavy (non-hydrogen) atoms. The van der Waals surface area contributed by atoms with Gasteiger partial charge in [-0.1, -0.05) is 6.92 Å². The Hall–Kier alpha value is -0.570. The number of nitrogens with zero attached hydrogens (tertiary/aromatic N) is 1. The van der Waals surface area contributed by atoms with Gasteiger partial charge in [0.05, 0.1) is 0 Å². The highest BCUT2D eigenvalue weighted by Gasteiger charge is 2.26. The average molecular weight is 332 g/mol. The van der Waals surface area contributed by atoms with Crippen molar-refractivity contribution in [3.8, 4) is 0 Å². The first-order chi connectivity index (χ1) is 9.94. The molecule has 6 nitrogen and oxygen atoms in total. The molecule has 0 bridgehead atoms. The monoisotopic (exact) mass is 332 g/mol. The molecule has 8 heteroatoms. The highest BCUT2D eigenvalue weighted by molar-refractivity contribution is 7.98. The molecule has 0 spiro atoms. The van der Waals surface area contributed by atoms with E-state index >= 15 is 0 Å². The summed E-state index contributed by atoms with van der Waals surface area (Å²) in [6.45, 7) is 4.87. The molecule has 1 unspecified atom stereocenters. The molecule has 0 aromatic carbocycles. The lowest BCUT2D eigenvalue weighted by atomic mass is 10.2. The Kier molecular flexibility index (Phi) is 5.70. The predicted molar refractivity (Wildman–Crippen MR) is 85.9 cm³/mol. The molecule has 1 aromatic heterocycles. The summed E-state index contributed by atoms with van der Waals surface area (Å²) >= 11 is 1.72. The van der Waals surface area contributed by atoms with Crippen LogP contribution in [0.1, 0.15) is 31.0 Å². The largest absolute Gasteiger partial charge is 0.310 e. The van der Waals surface area contributed by atoms with Crippen LogP contribution in [0, 0.1) is 12.8 Å². The number of aromatic amines is 1. The van der Waals surface area contributed by atoms with Crippen molar-refractivity contribution in [3.63, 3.8) is 0 Å². The van der Waals surface area contributed by atoms with Gasteiger partial charge in [-0.3, -0.25) is 5.10 Å². The van der Waals surface area contributed by atoms with Crippen molar-refractivity contribution in [1.29, 1.82) is 0 Å². The van der Waals surface area contributed by atoms with Crippen molar-refractivity contribution < 1.29 is 8.42 Å². The second kappa shape index (κ2) is 7.13. The standard InChI is InChI=1S/C13H24N4O2S2/c1-9(8-20-3)6-15-21(18,19)13-12(10(2)16-17-13)7-14-11-4-5-11/h9,11,14-15H,4-8H2,1-3H3,(H,16,17). The summed E-state index contributed by atoms with van der Waals surface area (Å²) < 4.78 is 27.5. The van der Waals surface area contributed by atoms with Gasteiger partial charge in [-0.2, -0.15) is 16.9 Å². The van der Waals surface area contributed by atoms with E-state index in [1.165, 1.54) is 12.8 Å². The maximum atomic E-state index is 12.4. The zero-order valence-electron chi connectivity index (χ0n) is 12.8. The minimum Gasteiger partial charge on any atom is -0.310 e. The van der Waals surface area contributed by atoms with E-state index in [2.05, 4.69) is 20.2 Å². The molecule has 1 aliphatic carbocycles. The number of rotatable bonds is 9. The molecule has 3 N–H and O–H groups in total. The van der Waals surface area contributed by atoms with E-state index in [1.807, 2.05) is 20.1 Å². The molecule has 0 saturated heterocycles. The van der Waals surface area contributed by atoms with Gasteiger partial charge >= 0.3 is 0 Å². The van der Waals surface area contributed by atoms with E-state index in [1.54, 1.807) is 11.8 Å². The first kappa shape index (κ1) is 16.8. The fourth-order valence-electron chi connectivity index (χ4n) is 2.06. The summed E-state index contributed by atoms with van der Waals surface area (Å²) in [5, 5.41) is 10.2. The molecule has 1 heterocycles. The van der Waals surface area contributed by atoms with E-state index in [-0.39, 0.29) is 5.03 Å². The Morgan fingerprint density at radius 2 is 2.19 bits per heavy atom. The molecule has 0 amide bonds. The Balaban J connectivity index is 2.04. The Labute approximate surface area is 130 Å². The van der Waals surface area contributed by atoms with Gasteiger partial charge in [0.2, 0.25) is 0 Å². The zero-order valence-corrected chi connectivity index (χ0v) is 14.4. The quantitative estimate of drug-likeness (QED) is 0.633. The zero-order chi connectivity index (χ0) is 15.5. The molecule has 1 saturated carbocycles. The van der Waals surface area contributed by atoms with Gasteiger partial charge in [-0.25, -0.2) is 13.1 Å². The van der Waals surface area contributed by atoms with Gasteiger partial charge < -0.3 is 5.32 Å². The summed E-state index contributed by atoms with van der Waals surface area (Å²) in [4.78, 5) is 0. The Bertz CT molecular complexity index is 567. The number of hydrogen-bond acceptors (Lipinski definition) is 5. The third-order valence-electron chi connectivity index (χ3n) is 3.51. The second-order valence-corrected chi connectivity index (χ2v) is 8.29. The molecule has 1 aliphatic rings. The van der Waals surface area contributed by atoms with Crippen molar-refractivity contribution in [2.45, 2.75) is 44.3 Å². The van der Waals surface area contributed by atoms with E-state index in [0.29, 0.717) is 25.0 Å². The highest BCUT2D eigenvalue weighted by atomic mass is 32.2. The molecule has 2 rings (SSSR count). The van der Waals surface area contributed by atoms with Crippen molar-refractivity contribution in [2.75, 3.05) is 18.6 Å². The number of aryl methyl sites for hydroxylation is 1. The van der Waals surface area contributed by atoms with Crippen molar-refractivity contribution in [1.82, 2.24) is 20.2 Å². The Morgan fingerprint density at radius 3 is 2.81 bits per heavy atom. The predicted octanol–water partition coefficient (Wildman–Crippen LogP) is 1.25. The lowest BCUT2D eigenvalue weighted by molar-refractivity contribution is 0.556. The molecule has 0 aliphatic heterocycles. The van der Waals surface area contributed by atoms with Gasteiger partial charge in [0, 0.05) is 30.4 Å². The van der Waals surface area contributed by atoms with E-state index in [9.17, 15) is 8.42 Å². The third-order valence-corrected chi connectivity index (χ3v) is 5.80. The second-order valence-electron chi connectivity index (χ2n) is 5.70. The van der Waals surface area contributed by atoms with Gasteiger partial charge in [0.25, 0.3) is 10.0 Å². The summed E-state index contributed by atoms with van der Waals surface area (Å²) in [5.74, 6) is 1.22. The minimum atomic E-state index is -3.55. The Morgan fingerprint density at radius 1 is 1.48 bits per heavy atom. The topological polar surface area (TPSA) is 86.9 Å². The van der Waals surface area contributed by atoms with Gasteiger partial charge in [0.1, 0.15) is 0 Å². The normalized spacial score (nSPS) is 17.1. The number of aromatic nitrogens is 2. The van der Waals surface area contributed by atoms with Crippen LogP contribution in [0.15, 0.2) is 5.03 Å². The van der Waals surface area contributed by atoms with Crippen LogP contribution in [0.3, 0.4) is 0 Å². The van der Waals surface area contributed by atoms with Crippen LogP contribution < -0.4 is 10.0 Å². The van der Waals surface area contributed by atoms with Gasteiger partial charge in [0.15, 0.2) is 5.03 Å². The highest BCUT2D eigenvalue weighted by Crippen LogP contribution is 2.22. The average Bonchev–Trinajstić information content (AvgIpc) is 3.17. The van der Waals surface area contributed by atoms with Crippen LogP contribution >= 0.6 is 11.8 Å². The number of nitrogens with one attached hydrogen (secondary N) is 3. The first-order valence-corrected chi connectivity index (χ1v) is 10.1. The fraction of sp³-hybridized carbons (Fsp3) is 0.769. The van der Waals surface area contributed by atoms with E-state index in [4.69, 9.17) is 0 Å². The van der Waals surface area contributed by atoms with Crippen LogP contribution in [0.5, 0.6) is 0 Å². The fourth-order valence-corrected chi connectivity index (χ4v) is 4.10. The third kappa shape index (κ3) is 4.70. The number of hydrogen-bond donors (Lipinski definition) is 3. The first-order valence-electron chi connectivity index (χ1n) is 7.20. The molecule has 1 atom stereocenters. The van der Waals surface area contributed by atoms with Crippen LogP contribution in [0.25, 0.3) is 0 Å². The minimum absolute atomic E-state index is 0.129. The summed E-state index contributed by atoms with van der Waals surface area (Å²) in [6.07, 6.45) is 4.36. The molecule has 120 valence electrons. The van der Waals surface area contributed by atoms with Gasteiger partial charge in [-0.15, -0.1) is 0 Å². The van der Waals surface area contributed by atoms with Crippen molar-refractivity contribution in [2.24, 2.45) is 5.92 Å². The van der Waals surface area contributed by atoms with Crippen LogP contribution in [0.2, 0.25) is 0 Å². The smallest absolute Gasteiger partial charge is 0.260 e. The summed E-state index contributed by atoms with van der Waals surface area (Å²) in [5.41, 5.74) is 1.55. The number of sulfonamides is 1. The van der Waals surface area contributed by atoms with E-state index < -0.39 is 10.0 Å². The summed E-state index contributed by atoms with van der Waals surface area (Å²) in [6, 6.07) is 0.532. The molecular weight excluding hydrogens is 308 g/mol. The van der Waals surface area contributed by atoms with Crippen molar-refractivity contribution >= 4 is 21.8 Å². The van der Waals surface area contributed by atoms with E-state index in [0.717, 1.165) is 17.0 Å². The maximum Gasteiger partial charge on any atom is 0.260 e. The lowest BCUT2D eigenvalue weighted by Crippen LogP contribution is -2.30. The number of thioether (sulfide) groups is 1. The molecule has 1 fully saturated rings. The molecule has 1 aromatic rings. The van der Waals surface area contributed by atoms with Crippen LogP contribution in [-0.4, -0.2) is 43.2 Å². The summed E-state index contributed by atoms with van der Waals surface area (Å²) in [7, 11) is -3.55. The SMILES string of the molecule is CSCC(C)CNS(=O)(=O)c1n[nH]c(C)c1CNC1CC1. The molecular formula is C13H24N4O2S2.